The van der Waals surface area contributed by atoms with E-state index in [0.717, 1.165) is 12.1 Å². The second kappa shape index (κ2) is 5.68. The summed E-state index contributed by atoms with van der Waals surface area (Å²) in [5.74, 6) is -0.571. The van der Waals surface area contributed by atoms with Crippen LogP contribution in [-0.4, -0.2) is 8.42 Å². The summed E-state index contributed by atoms with van der Waals surface area (Å²) in [5.41, 5.74) is -0.187. The Hall–Kier alpha value is -2.38. The zero-order valence-electron chi connectivity index (χ0n) is 11.4. The van der Waals surface area contributed by atoms with E-state index in [1.54, 1.807) is 0 Å². The van der Waals surface area contributed by atoms with Crippen LogP contribution in [0.1, 0.15) is 0 Å². The van der Waals surface area contributed by atoms with Gasteiger partial charge in [0.05, 0.1) is 15.6 Å². The number of anilines is 1. The van der Waals surface area contributed by atoms with Crippen molar-refractivity contribution in [2.75, 3.05) is 4.72 Å². The number of hydrogen-bond acceptors (Lipinski definition) is 4. The molecule has 0 aliphatic heterocycles. The maximum atomic E-state index is 13.0. The van der Waals surface area contributed by atoms with Gasteiger partial charge in [0.1, 0.15) is 11.4 Å². The van der Waals surface area contributed by atoms with E-state index >= 15 is 0 Å². The molecule has 8 heteroatoms. The Bertz CT molecular complexity index is 1060. The molecule has 0 fully saturated rings. The number of rotatable bonds is 3. The highest BCUT2D eigenvalue weighted by Crippen LogP contribution is 2.26. The van der Waals surface area contributed by atoms with Gasteiger partial charge in [-0.2, -0.15) is 0 Å². The molecule has 3 aromatic rings. The summed E-state index contributed by atoms with van der Waals surface area (Å²) in [6.45, 7) is 0. The summed E-state index contributed by atoms with van der Waals surface area (Å²) in [6, 6.07) is 10.0. The Morgan fingerprint density at radius 3 is 2.57 bits per heavy atom. The molecule has 0 atom stereocenters. The molecular weight excluding hydrogens is 345 g/mol. The third-order valence-electron chi connectivity index (χ3n) is 3.08. The highest BCUT2D eigenvalue weighted by Gasteiger charge is 2.17. The minimum Gasteiger partial charge on any atom is -0.423 e. The molecule has 1 aromatic heterocycles. The molecule has 0 amide bonds. The summed E-state index contributed by atoms with van der Waals surface area (Å²) in [7, 11) is -3.93. The van der Waals surface area contributed by atoms with Gasteiger partial charge < -0.3 is 4.42 Å². The topological polar surface area (TPSA) is 76.4 Å². The SMILES string of the molecule is O=c1ccc2cc(S(=O)(=O)Nc3ccc(F)cc3Cl)ccc2o1. The first-order valence-electron chi connectivity index (χ1n) is 6.37. The van der Waals surface area contributed by atoms with Gasteiger partial charge in [-0.15, -0.1) is 0 Å². The summed E-state index contributed by atoms with van der Waals surface area (Å²) < 4.78 is 45.0. The first-order valence-corrected chi connectivity index (χ1v) is 8.23. The molecular formula is C15H9ClFNO4S. The first kappa shape index (κ1) is 15.5. The Morgan fingerprint density at radius 1 is 1.04 bits per heavy atom. The van der Waals surface area contributed by atoms with Crippen molar-refractivity contribution in [1.29, 1.82) is 0 Å². The maximum Gasteiger partial charge on any atom is 0.336 e. The van der Waals surface area contributed by atoms with Crippen molar-refractivity contribution < 1.29 is 17.2 Å². The lowest BCUT2D eigenvalue weighted by molar-refractivity contribution is 0.560. The molecule has 23 heavy (non-hydrogen) atoms. The van der Waals surface area contributed by atoms with Crippen molar-refractivity contribution in [2.45, 2.75) is 4.90 Å². The molecule has 2 aromatic carbocycles. The second-order valence-electron chi connectivity index (χ2n) is 4.68. The lowest BCUT2D eigenvalue weighted by atomic mass is 10.2. The molecule has 0 bridgehead atoms. The normalized spacial score (nSPS) is 11.6. The molecule has 3 rings (SSSR count). The van der Waals surface area contributed by atoms with Gasteiger partial charge in [0.15, 0.2) is 0 Å². The monoisotopic (exact) mass is 353 g/mol. The zero-order chi connectivity index (χ0) is 16.6. The average Bonchev–Trinajstić information content (AvgIpc) is 2.49. The predicted molar refractivity (Wildman–Crippen MR) is 84.7 cm³/mol. The third kappa shape index (κ3) is 3.20. The van der Waals surface area contributed by atoms with Gasteiger partial charge in [-0.3, -0.25) is 4.72 Å². The lowest BCUT2D eigenvalue weighted by Crippen LogP contribution is -2.13. The first-order chi connectivity index (χ1) is 10.8. The van der Waals surface area contributed by atoms with Gasteiger partial charge in [-0.1, -0.05) is 11.6 Å². The van der Waals surface area contributed by atoms with Crippen molar-refractivity contribution >= 4 is 38.3 Å². The van der Waals surface area contributed by atoms with Gasteiger partial charge in [0.2, 0.25) is 0 Å². The second-order valence-corrected chi connectivity index (χ2v) is 6.77. The van der Waals surface area contributed by atoms with Crippen LogP contribution in [0.4, 0.5) is 10.1 Å². The van der Waals surface area contributed by atoms with Crippen molar-refractivity contribution in [3.63, 3.8) is 0 Å². The van der Waals surface area contributed by atoms with E-state index in [-0.39, 0.29) is 21.2 Å². The summed E-state index contributed by atoms with van der Waals surface area (Å²) in [6.07, 6.45) is 0. The van der Waals surface area contributed by atoms with Gasteiger partial charge in [0, 0.05) is 11.5 Å². The lowest BCUT2D eigenvalue weighted by Gasteiger charge is -2.10. The van der Waals surface area contributed by atoms with Gasteiger partial charge in [-0.05, 0) is 42.5 Å². The molecule has 1 N–H and O–H groups in total. The Labute approximate surface area is 135 Å². The number of sulfonamides is 1. The molecule has 1 heterocycles. The third-order valence-corrected chi connectivity index (χ3v) is 4.75. The standard InChI is InChI=1S/C15H9ClFNO4S/c16-12-8-10(17)2-4-13(12)18-23(20,21)11-3-5-14-9(7-11)1-6-15(19)22-14/h1-8,18H. The molecule has 0 aliphatic carbocycles. The summed E-state index contributed by atoms with van der Waals surface area (Å²) in [4.78, 5) is 11.1. The number of nitrogens with one attached hydrogen (secondary N) is 1. The van der Waals surface area contributed by atoms with E-state index in [1.807, 2.05) is 0 Å². The van der Waals surface area contributed by atoms with Crippen LogP contribution >= 0.6 is 11.6 Å². The molecule has 0 saturated heterocycles. The van der Waals surface area contributed by atoms with Crippen LogP contribution < -0.4 is 10.3 Å². The number of benzene rings is 2. The van der Waals surface area contributed by atoms with Crippen molar-refractivity contribution in [3.05, 3.63) is 69.8 Å². The van der Waals surface area contributed by atoms with E-state index < -0.39 is 21.5 Å². The van der Waals surface area contributed by atoms with Crippen molar-refractivity contribution in [1.82, 2.24) is 0 Å². The predicted octanol–water partition coefficient (Wildman–Crippen LogP) is 3.39. The Balaban J connectivity index is 2.02. The minimum atomic E-state index is -3.93. The van der Waals surface area contributed by atoms with E-state index in [4.69, 9.17) is 16.0 Å². The van der Waals surface area contributed by atoms with Crippen LogP contribution in [0.25, 0.3) is 11.0 Å². The molecule has 118 valence electrons. The van der Waals surface area contributed by atoms with Crippen LogP contribution in [-0.2, 0) is 10.0 Å². The van der Waals surface area contributed by atoms with Gasteiger partial charge in [-0.25, -0.2) is 17.6 Å². The van der Waals surface area contributed by atoms with E-state index in [0.29, 0.717) is 5.39 Å². The fourth-order valence-corrected chi connectivity index (χ4v) is 3.38. The summed E-state index contributed by atoms with van der Waals surface area (Å²) in [5, 5.41) is 0.401. The number of halogens is 2. The molecule has 0 saturated carbocycles. The molecule has 0 spiro atoms. The largest absolute Gasteiger partial charge is 0.423 e. The average molecular weight is 354 g/mol. The van der Waals surface area contributed by atoms with Crippen LogP contribution in [0.15, 0.2) is 62.6 Å². The maximum absolute atomic E-state index is 13.0. The smallest absolute Gasteiger partial charge is 0.336 e. The van der Waals surface area contributed by atoms with E-state index in [9.17, 15) is 17.6 Å². The molecule has 0 unspecified atom stereocenters. The van der Waals surface area contributed by atoms with Gasteiger partial charge in [0.25, 0.3) is 10.0 Å². The Kier molecular flexibility index (Phi) is 3.83. The Morgan fingerprint density at radius 2 is 1.83 bits per heavy atom. The van der Waals surface area contributed by atoms with E-state index in [2.05, 4.69) is 4.72 Å². The fourth-order valence-electron chi connectivity index (χ4n) is 1.99. The minimum absolute atomic E-state index is 0.0424. The molecule has 5 nitrogen and oxygen atoms in total. The molecule has 0 aliphatic rings. The van der Waals surface area contributed by atoms with Crippen LogP contribution in [0.5, 0.6) is 0 Å². The van der Waals surface area contributed by atoms with Gasteiger partial charge >= 0.3 is 5.63 Å². The highest BCUT2D eigenvalue weighted by atomic mass is 35.5. The van der Waals surface area contributed by atoms with Crippen LogP contribution in [0.3, 0.4) is 0 Å². The quantitative estimate of drug-likeness (QED) is 0.732. The van der Waals surface area contributed by atoms with E-state index in [1.165, 1.54) is 36.4 Å². The number of hydrogen-bond donors (Lipinski definition) is 1. The fraction of sp³-hybridized carbons (Fsp3) is 0. The van der Waals surface area contributed by atoms with Crippen LogP contribution in [0, 0.1) is 5.82 Å². The number of fused-ring (bicyclic) bond motifs is 1. The zero-order valence-corrected chi connectivity index (χ0v) is 13.0. The highest BCUT2D eigenvalue weighted by molar-refractivity contribution is 7.92. The van der Waals surface area contributed by atoms with Crippen molar-refractivity contribution in [2.24, 2.45) is 0 Å². The van der Waals surface area contributed by atoms with Crippen LogP contribution in [0.2, 0.25) is 5.02 Å². The summed E-state index contributed by atoms with van der Waals surface area (Å²) >= 11 is 5.82. The van der Waals surface area contributed by atoms with Crippen molar-refractivity contribution in [3.8, 4) is 0 Å². The molecule has 0 radical (unpaired) electrons.